The lowest BCUT2D eigenvalue weighted by Crippen LogP contribution is -2.16. The van der Waals surface area contributed by atoms with Crippen molar-refractivity contribution in [1.82, 2.24) is 0 Å². The van der Waals surface area contributed by atoms with E-state index in [1.165, 1.54) is 7.11 Å². The Morgan fingerprint density at radius 3 is 2.69 bits per heavy atom. The summed E-state index contributed by atoms with van der Waals surface area (Å²) in [6.45, 7) is 0. The van der Waals surface area contributed by atoms with Gasteiger partial charge < -0.3 is 9.94 Å². The van der Waals surface area contributed by atoms with E-state index in [1.54, 1.807) is 23.5 Å². The SMILES string of the molecule is CON=C(CC1SCCS1)C(=O)O. The lowest BCUT2D eigenvalue weighted by molar-refractivity contribution is -0.129. The number of hydrogen-bond acceptors (Lipinski definition) is 5. The standard InChI is InChI=1S/C7H11NO3S2/c1-11-8-5(7(9)10)4-6-12-2-3-13-6/h6H,2-4H2,1H3,(H,9,10). The van der Waals surface area contributed by atoms with Crippen LogP contribution in [0.15, 0.2) is 5.16 Å². The normalized spacial score (nSPS) is 19.0. The summed E-state index contributed by atoms with van der Waals surface area (Å²) < 4.78 is 0.324. The van der Waals surface area contributed by atoms with Gasteiger partial charge in [-0.25, -0.2) is 4.79 Å². The van der Waals surface area contributed by atoms with Crippen molar-refractivity contribution in [2.24, 2.45) is 5.16 Å². The Morgan fingerprint density at radius 2 is 2.23 bits per heavy atom. The molecule has 0 unspecified atom stereocenters. The molecule has 1 N–H and O–H groups in total. The largest absolute Gasteiger partial charge is 0.477 e. The van der Waals surface area contributed by atoms with E-state index >= 15 is 0 Å². The molecule has 74 valence electrons. The second-order valence-corrected chi connectivity index (χ2v) is 5.32. The minimum Gasteiger partial charge on any atom is -0.477 e. The molecule has 1 aliphatic heterocycles. The van der Waals surface area contributed by atoms with E-state index in [4.69, 9.17) is 5.11 Å². The van der Waals surface area contributed by atoms with Crippen molar-refractivity contribution in [2.75, 3.05) is 18.6 Å². The maximum atomic E-state index is 10.6. The average molecular weight is 221 g/mol. The van der Waals surface area contributed by atoms with Crippen LogP contribution < -0.4 is 0 Å². The molecule has 1 aliphatic rings. The molecule has 4 nitrogen and oxygen atoms in total. The summed E-state index contributed by atoms with van der Waals surface area (Å²) in [5.74, 6) is 1.19. The van der Waals surface area contributed by atoms with Crippen LogP contribution in [0.3, 0.4) is 0 Å². The third-order valence-corrected chi connectivity index (χ3v) is 4.53. The smallest absolute Gasteiger partial charge is 0.353 e. The van der Waals surface area contributed by atoms with Crippen LogP contribution in [0.2, 0.25) is 0 Å². The van der Waals surface area contributed by atoms with E-state index in [0.717, 1.165) is 11.5 Å². The van der Waals surface area contributed by atoms with Crippen molar-refractivity contribution in [3.8, 4) is 0 Å². The monoisotopic (exact) mass is 221 g/mol. The molecule has 0 aromatic heterocycles. The minimum absolute atomic E-state index is 0.106. The Balaban J connectivity index is 2.46. The highest BCUT2D eigenvalue weighted by atomic mass is 32.2. The van der Waals surface area contributed by atoms with Crippen molar-refractivity contribution in [2.45, 2.75) is 11.0 Å². The van der Waals surface area contributed by atoms with Crippen LogP contribution in [0.4, 0.5) is 0 Å². The van der Waals surface area contributed by atoms with Crippen molar-refractivity contribution in [3.05, 3.63) is 0 Å². The van der Waals surface area contributed by atoms with Gasteiger partial charge in [0, 0.05) is 17.9 Å². The molecule has 13 heavy (non-hydrogen) atoms. The fraction of sp³-hybridized carbons (Fsp3) is 0.714. The van der Waals surface area contributed by atoms with E-state index < -0.39 is 5.97 Å². The first kappa shape index (κ1) is 10.7. The van der Waals surface area contributed by atoms with Crippen LogP contribution in [-0.4, -0.2) is 40.0 Å². The number of thioether (sulfide) groups is 2. The lowest BCUT2D eigenvalue weighted by Gasteiger charge is -2.05. The molecule has 1 fully saturated rings. The number of nitrogens with zero attached hydrogens (tertiary/aromatic N) is 1. The Labute approximate surface area is 85.1 Å². The van der Waals surface area contributed by atoms with Gasteiger partial charge in [-0.3, -0.25) is 0 Å². The Bertz CT molecular complexity index is 214. The van der Waals surface area contributed by atoms with Crippen molar-refractivity contribution in [1.29, 1.82) is 0 Å². The van der Waals surface area contributed by atoms with Gasteiger partial charge in [0.05, 0.1) is 4.58 Å². The first-order chi connectivity index (χ1) is 6.24. The van der Waals surface area contributed by atoms with Crippen LogP contribution in [0.25, 0.3) is 0 Å². The first-order valence-electron chi connectivity index (χ1n) is 3.80. The molecule has 0 amide bonds. The zero-order valence-electron chi connectivity index (χ0n) is 7.23. The third-order valence-electron chi connectivity index (χ3n) is 1.50. The molecule has 1 saturated heterocycles. The highest BCUT2D eigenvalue weighted by Gasteiger charge is 2.22. The van der Waals surface area contributed by atoms with Gasteiger partial charge in [0.2, 0.25) is 0 Å². The van der Waals surface area contributed by atoms with E-state index in [1.807, 2.05) is 0 Å². The van der Waals surface area contributed by atoms with Crippen LogP contribution in [-0.2, 0) is 9.63 Å². The molecule has 1 heterocycles. The number of aliphatic carboxylic acids is 1. The molecule has 0 atom stereocenters. The van der Waals surface area contributed by atoms with Gasteiger partial charge in [-0.15, -0.1) is 23.5 Å². The molecule has 0 bridgehead atoms. The Morgan fingerprint density at radius 1 is 1.62 bits per heavy atom. The average Bonchev–Trinajstić information content (AvgIpc) is 2.56. The lowest BCUT2D eigenvalue weighted by atomic mass is 10.3. The molecule has 1 rings (SSSR count). The molecule has 0 aliphatic carbocycles. The van der Waals surface area contributed by atoms with Crippen molar-refractivity contribution >= 4 is 35.2 Å². The maximum Gasteiger partial charge on any atom is 0.353 e. The summed E-state index contributed by atoms with van der Waals surface area (Å²) in [6.07, 6.45) is 0.471. The van der Waals surface area contributed by atoms with Gasteiger partial charge in [0.1, 0.15) is 7.11 Å². The fourth-order valence-electron chi connectivity index (χ4n) is 0.957. The van der Waals surface area contributed by atoms with Crippen LogP contribution in [0.5, 0.6) is 0 Å². The predicted molar refractivity (Wildman–Crippen MR) is 55.4 cm³/mol. The molecule has 0 aromatic carbocycles. The maximum absolute atomic E-state index is 10.6. The summed E-state index contributed by atoms with van der Waals surface area (Å²) >= 11 is 3.55. The van der Waals surface area contributed by atoms with E-state index in [0.29, 0.717) is 11.0 Å². The van der Waals surface area contributed by atoms with Gasteiger partial charge in [-0.1, -0.05) is 5.16 Å². The zero-order chi connectivity index (χ0) is 9.68. The predicted octanol–water partition coefficient (Wildman–Crippen LogP) is 1.27. The summed E-state index contributed by atoms with van der Waals surface area (Å²) in [4.78, 5) is 15.1. The fourth-order valence-corrected chi connectivity index (χ4v) is 3.77. The van der Waals surface area contributed by atoms with Gasteiger partial charge in [0.15, 0.2) is 5.71 Å². The number of hydrogen-bond donors (Lipinski definition) is 1. The van der Waals surface area contributed by atoms with Crippen LogP contribution in [0.1, 0.15) is 6.42 Å². The highest BCUT2D eigenvalue weighted by molar-refractivity contribution is 8.20. The van der Waals surface area contributed by atoms with E-state index in [-0.39, 0.29) is 5.71 Å². The molecule has 0 radical (unpaired) electrons. The summed E-state index contributed by atoms with van der Waals surface area (Å²) in [6, 6.07) is 0. The Kier molecular flexibility index (Phi) is 4.44. The second-order valence-electron chi connectivity index (χ2n) is 2.40. The first-order valence-corrected chi connectivity index (χ1v) is 5.90. The number of carbonyl (C=O) groups is 1. The summed E-state index contributed by atoms with van der Waals surface area (Å²) in [5.41, 5.74) is 0.106. The van der Waals surface area contributed by atoms with Gasteiger partial charge >= 0.3 is 5.97 Å². The quantitative estimate of drug-likeness (QED) is 0.572. The van der Waals surface area contributed by atoms with Crippen molar-refractivity contribution < 1.29 is 14.7 Å². The zero-order valence-corrected chi connectivity index (χ0v) is 8.86. The van der Waals surface area contributed by atoms with Gasteiger partial charge in [-0.2, -0.15) is 0 Å². The topological polar surface area (TPSA) is 58.9 Å². The number of carboxylic acid groups (broad SMARTS) is 1. The molecular formula is C7H11NO3S2. The number of carboxylic acids is 1. The molecule has 0 aromatic rings. The molecular weight excluding hydrogens is 210 g/mol. The van der Waals surface area contributed by atoms with Crippen LogP contribution in [0, 0.1) is 0 Å². The van der Waals surface area contributed by atoms with Gasteiger partial charge in [-0.05, 0) is 0 Å². The summed E-state index contributed by atoms with van der Waals surface area (Å²) in [7, 11) is 1.36. The second kappa shape index (κ2) is 5.39. The molecule has 0 spiro atoms. The minimum atomic E-state index is -0.991. The van der Waals surface area contributed by atoms with Crippen LogP contribution >= 0.6 is 23.5 Å². The van der Waals surface area contributed by atoms with Crippen molar-refractivity contribution in [3.63, 3.8) is 0 Å². The van der Waals surface area contributed by atoms with E-state index in [9.17, 15) is 4.79 Å². The summed E-state index contributed by atoms with van der Waals surface area (Å²) in [5, 5.41) is 12.2. The molecule has 6 heteroatoms. The number of oxime groups is 1. The molecule has 0 saturated carbocycles. The number of rotatable bonds is 4. The third kappa shape index (κ3) is 3.48. The Hall–Kier alpha value is -0.360. The highest BCUT2D eigenvalue weighted by Crippen LogP contribution is 2.34. The van der Waals surface area contributed by atoms with E-state index in [2.05, 4.69) is 9.99 Å². The van der Waals surface area contributed by atoms with Gasteiger partial charge in [0.25, 0.3) is 0 Å².